The molecule has 3 nitrogen and oxygen atoms in total. The lowest BCUT2D eigenvalue weighted by atomic mass is 10.0. The molecule has 0 radical (unpaired) electrons. The third-order valence-electron chi connectivity index (χ3n) is 3.39. The summed E-state index contributed by atoms with van der Waals surface area (Å²) in [7, 11) is 0. The van der Waals surface area contributed by atoms with Gasteiger partial charge in [0.05, 0.1) is 11.1 Å². The molecule has 0 saturated heterocycles. The zero-order chi connectivity index (χ0) is 14.8. The quantitative estimate of drug-likeness (QED) is 0.525. The molecule has 0 bridgehead atoms. The van der Waals surface area contributed by atoms with Gasteiger partial charge in [-0.3, -0.25) is 5.84 Å². The Kier molecular flexibility index (Phi) is 4.31. The topological polar surface area (TPSA) is 51.2 Å². The fraction of sp³-hybridized carbons (Fsp3) is 0.125. The lowest BCUT2D eigenvalue weighted by molar-refractivity contribution is 0.434. The van der Waals surface area contributed by atoms with Crippen molar-refractivity contribution in [1.29, 1.82) is 0 Å². The second-order valence-electron chi connectivity index (χ2n) is 4.86. The molecule has 2 aromatic carbocycles. The monoisotopic (exact) mass is 364 g/mol. The molecule has 3 aromatic rings. The Morgan fingerprint density at radius 3 is 2.71 bits per heavy atom. The van der Waals surface area contributed by atoms with Crippen LogP contribution < -0.4 is 11.3 Å². The third-order valence-corrected chi connectivity index (χ3v) is 4.18. The summed E-state index contributed by atoms with van der Waals surface area (Å²) in [4.78, 5) is 0. The van der Waals surface area contributed by atoms with Crippen LogP contribution in [0.1, 0.15) is 17.4 Å². The molecular formula is C16H14BrClN2O. The summed E-state index contributed by atoms with van der Waals surface area (Å²) >= 11 is 9.62. The van der Waals surface area contributed by atoms with Crippen LogP contribution in [0.4, 0.5) is 0 Å². The summed E-state index contributed by atoms with van der Waals surface area (Å²) in [6, 6.07) is 15.7. The number of halogens is 2. The SMILES string of the molecule is NNC(Cc1cccc(Br)c1)c1cc2cccc(Cl)c2o1. The van der Waals surface area contributed by atoms with E-state index in [2.05, 4.69) is 33.5 Å². The molecule has 1 atom stereocenters. The maximum atomic E-state index is 6.15. The van der Waals surface area contributed by atoms with Crippen LogP contribution in [0.25, 0.3) is 11.0 Å². The summed E-state index contributed by atoms with van der Waals surface area (Å²) in [5.74, 6) is 6.47. The van der Waals surface area contributed by atoms with Crippen LogP contribution in [0.15, 0.2) is 57.4 Å². The fourth-order valence-corrected chi connectivity index (χ4v) is 3.03. The Morgan fingerprint density at radius 1 is 1.19 bits per heavy atom. The highest BCUT2D eigenvalue weighted by atomic mass is 79.9. The van der Waals surface area contributed by atoms with Crippen molar-refractivity contribution in [3.8, 4) is 0 Å². The van der Waals surface area contributed by atoms with Gasteiger partial charge in [0.25, 0.3) is 0 Å². The Balaban J connectivity index is 1.93. The molecule has 0 aliphatic carbocycles. The molecule has 3 N–H and O–H groups in total. The fourth-order valence-electron chi connectivity index (χ4n) is 2.36. The van der Waals surface area contributed by atoms with Gasteiger partial charge in [0.2, 0.25) is 0 Å². The second kappa shape index (κ2) is 6.20. The van der Waals surface area contributed by atoms with E-state index in [-0.39, 0.29) is 6.04 Å². The number of nitrogens with one attached hydrogen (secondary N) is 1. The molecule has 0 spiro atoms. The molecule has 0 aliphatic rings. The Hall–Kier alpha value is -1.33. The average Bonchev–Trinajstić information content (AvgIpc) is 2.90. The Bertz CT molecular complexity index is 772. The summed E-state index contributed by atoms with van der Waals surface area (Å²) in [5.41, 5.74) is 4.68. The van der Waals surface area contributed by atoms with Crippen molar-refractivity contribution in [3.05, 3.63) is 69.3 Å². The first kappa shape index (κ1) is 14.6. The number of furan rings is 1. The minimum atomic E-state index is -0.109. The van der Waals surface area contributed by atoms with Gasteiger partial charge in [-0.05, 0) is 36.2 Å². The highest BCUT2D eigenvalue weighted by Gasteiger charge is 2.17. The predicted octanol–water partition coefficient (Wildman–Crippen LogP) is 4.60. The van der Waals surface area contributed by atoms with Gasteiger partial charge in [-0.15, -0.1) is 0 Å². The number of hydrazine groups is 1. The molecule has 108 valence electrons. The Morgan fingerprint density at radius 2 is 2.00 bits per heavy atom. The van der Waals surface area contributed by atoms with Crippen molar-refractivity contribution in [1.82, 2.24) is 5.43 Å². The van der Waals surface area contributed by atoms with Crippen LogP contribution in [0.2, 0.25) is 5.02 Å². The second-order valence-corrected chi connectivity index (χ2v) is 6.18. The van der Waals surface area contributed by atoms with Gasteiger partial charge in [0, 0.05) is 9.86 Å². The van der Waals surface area contributed by atoms with Crippen molar-refractivity contribution in [3.63, 3.8) is 0 Å². The van der Waals surface area contributed by atoms with E-state index < -0.39 is 0 Å². The molecule has 1 unspecified atom stereocenters. The van der Waals surface area contributed by atoms with Gasteiger partial charge in [0.1, 0.15) is 5.76 Å². The summed E-state index contributed by atoms with van der Waals surface area (Å²) < 4.78 is 6.91. The molecule has 0 saturated carbocycles. The van der Waals surface area contributed by atoms with Crippen LogP contribution in [-0.4, -0.2) is 0 Å². The zero-order valence-electron chi connectivity index (χ0n) is 11.1. The first-order chi connectivity index (χ1) is 10.2. The van der Waals surface area contributed by atoms with Crippen LogP contribution >= 0.6 is 27.5 Å². The summed E-state index contributed by atoms with van der Waals surface area (Å²) in [5, 5.41) is 1.59. The molecule has 0 aliphatic heterocycles. The van der Waals surface area contributed by atoms with Crippen molar-refractivity contribution >= 4 is 38.5 Å². The van der Waals surface area contributed by atoms with E-state index in [0.29, 0.717) is 10.6 Å². The van der Waals surface area contributed by atoms with E-state index in [0.717, 1.165) is 22.0 Å². The van der Waals surface area contributed by atoms with Crippen molar-refractivity contribution in [2.24, 2.45) is 5.84 Å². The van der Waals surface area contributed by atoms with Crippen molar-refractivity contribution in [2.75, 3.05) is 0 Å². The first-order valence-corrected chi connectivity index (χ1v) is 7.73. The lowest BCUT2D eigenvalue weighted by Gasteiger charge is -2.13. The number of fused-ring (bicyclic) bond motifs is 1. The molecule has 3 rings (SSSR count). The van der Waals surface area contributed by atoms with Crippen LogP contribution in [-0.2, 0) is 6.42 Å². The average molecular weight is 366 g/mol. The highest BCUT2D eigenvalue weighted by Crippen LogP contribution is 2.30. The summed E-state index contributed by atoms with van der Waals surface area (Å²) in [6.45, 7) is 0. The number of benzene rings is 2. The van der Waals surface area contributed by atoms with Gasteiger partial charge in [-0.25, -0.2) is 5.43 Å². The summed E-state index contributed by atoms with van der Waals surface area (Å²) in [6.07, 6.45) is 0.730. The maximum Gasteiger partial charge on any atom is 0.152 e. The molecule has 0 amide bonds. The van der Waals surface area contributed by atoms with Gasteiger partial charge in [-0.1, -0.05) is 51.8 Å². The van der Waals surface area contributed by atoms with Gasteiger partial charge in [-0.2, -0.15) is 0 Å². The molecular weight excluding hydrogens is 352 g/mol. The first-order valence-electron chi connectivity index (χ1n) is 6.56. The van der Waals surface area contributed by atoms with E-state index in [1.807, 2.05) is 36.4 Å². The number of hydrogen-bond acceptors (Lipinski definition) is 3. The van der Waals surface area contributed by atoms with E-state index in [1.165, 1.54) is 5.56 Å². The van der Waals surface area contributed by atoms with Gasteiger partial charge < -0.3 is 4.42 Å². The normalized spacial score (nSPS) is 12.7. The molecule has 1 aromatic heterocycles. The molecule has 21 heavy (non-hydrogen) atoms. The van der Waals surface area contributed by atoms with E-state index in [1.54, 1.807) is 0 Å². The van der Waals surface area contributed by atoms with Crippen molar-refractivity contribution < 1.29 is 4.42 Å². The van der Waals surface area contributed by atoms with Crippen LogP contribution in [0.5, 0.6) is 0 Å². The minimum Gasteiger partial charge on any atom is -0.458 e. The Labute approximate surface area is 136 Å². The standard InChI is InChI=1S/C16H14BrClN2O/c17-12-5-1-3-10(7-12)8-14(20-19)15-9-11-4-2-6-13(18)16(11)21-15/h1-7,9,14,20H,8,19H2. The number of para-hydroxylation sites is 1. The highest BCUT2D eigenvalue weighted by molar-refractivity contribution is 9.10. The zero-order valence-corrected chi connectivity index (χ0v) is 13.5. The van der Waals surface area contributed by atoms with Gasteiger partial charge >= 0.3 is 0 Å². The smallest absolute Gasteiger partial charge is 0.152 e. The van der Waals surface area contributed by atoms with Crippen LogP contribution in [0, 0.1) is 0 Å². The number of rotatable bonds is 4. The number of nitrogens with two attached hydrogens (primary N) is 1. The largest absolute Gasteiger partial charge is 0.458 e. The maximum absolute atomic E-state index is 6.15. The molecule has 0 fully saturated rings. The lowest BCUT2D eigenvalue weighted by Crippen LogP contribution is -2.29. The minimum absolute atomic E-state index is 0.109. The molecule has 5 heteroatoms. The van der Waals surface area contributed by atoms with Crippen molar-refractivity contribution in [2.45, 2.75) is 12.5 Å². The molecule has 1 heterocycles. The third kappa shape index (κ3) is 3.14. The number of hydrogen-bond donors (Lipinski definition) is 2. The predicted molar refractivity (Wildman–Crippen MR) is 89.1 cm³/mol. The van der Waals surface area contributed by atoms with Gasteiger partial charge in [0.15, 0.2) is 5.58 Å². The van der Waals surface area contributed by atoms with Crippen LogP contribution in [0.3, 0.4) is 0 Å². The van der Waals surface area contributed by atoms with E-state index >= 15 is 0 Å². The van der Waals surface area contributed by atoms with E-state index in [4.69, 9.17) is 21.9 Å². The van der Waals surface area contributed by atoms with E-state index in [9.17, 15) is 0 Å².